The zero-order valence-corrected chi connectivity index (χ0v) is 27.1. The first-order valence-corrected chi connectivity index (χ1v) is 17.4. The fourth-order valence-corrected chi connectivity index (χ4v) is 8.81. The fraction of sp³-hybridized carbons (Fsp3) is 0.632. The summed E-state index contributed by atoms with van der Waals surface area (Å²) in [5.41, 5.74) is -0.106. The highest BCUT2D eigenvalue weighted by atomic mass is 16.5. The molecule has 1 N–H and O–H groups in total. The molecular formula is C38H48O8. The maximum Gasteiger partial charge on any atom is 0.314 e. The Kier molecular flexibility index (Phi) is 8.55. The lowest BCUT2D eigenvalue weighted by Crippen LogP contribution is -2.53. The molecule has 7 fully saturated rings. The third kappa shape index (κ3) is 6.40. The minimum Gasteiger partial charge on any atom is -0.487 e. The molecule has 0 unspecified atom stereocenters. The smallest absolute Gasteiger partial charge is 0.314 e. The van der Waals surface area contributed by atoms with Gasteiger partial charge in [0, 0.05) is 13.7 Å². The lowest BCUT2D eigenvalue weighted by atomic mass is 9.59. The van der Waals surface area contributed by atoms with Crippen LogP contribution < -0.4 is 18.9 Å². The lowest BCUT2D eigenvalue weighted by molar-refractivity contribution is -0.145. The summed E-state index contributed by atoms with van der Waals surface area (Å²) in [5.74, 6) is 1.64. The predicted molar refractivity (Wildman–Crippen MR) is 171 cm³/mol. The third-order valence-corrected chi connectivity index (χ3v) is 12.4. The van der Waals surface area contributed by atoms with E-state index >= 15 is 0 Å². The molecule has 0 radical (unpaired) electrons. The molecule has 0 amide bonds. The Morgan fingerprint density at radius 2 is 0.891 bits per heavy atom. The number of carbonyl (C=O) groups is 2. The lowest BCUT2D eigenvalue weighted by Gasteiger charge is -2.52. The normalized spacial score (nSPS) is 34.9. The molecule has 2 aromatic carbocycles. The van der Waals surface area contributed by atoms with Crippen LogP contribution in [0, 0.1) is 17.3 Å². The Hall–Kier alpha value is -3.10. The molecule has 0 heterocycles. The molecule has 8 nitrogen and oxygen atoms in total. The summed E-state index contributed by atoms with van der Waals surface area (Å²) in [4.78, 5) is 25.9. The molecule has 0 atom stereocenters. The van der Waals surface area contributed by atoms with Gasteiger partial charge in [-0.05, 0) is 157 Å². The average Bonchev–Trinajstić information content (AvgIpc) is 3.11. The highest BCUT2D eigenvalue weighted by Crippen LogP contribution is 2.54. The Balaban J connectivity index is 0.842. The molecule has 0 saturated heterocycles. The van der Waals surface area contributed by atoms with Crippen LogP contribution in [0.5, 0.6) is 23.0 Å². The topological polar surface area (TPSA) is 101 Å². The SMILES string of the molecule is COC12CCC(Oc3ccc(OC(=O)[C@H]4CC[C@H](C(=O)Oc5ccc(OC67CCC(CO)(CC6)CC7)cc5)CC4)cc3)(CC1)CC2. The van der Waals surface area contributed by atoms with E-state index in [9.17, 15) is 14.7 Å². The van der Waals surface area contributed by atoms with Crippen LogP contribution in [0.2, 0.25) is 0 Å². The fourth-order valence-electron chi connectivity index (χ4n) is 8.81. The van der Waals surface area contributed by atoms with Crippen molar-refractivity contribution in [1.29, 1.82) is 0 Å². The second-order valence-corrected chi connectivity index (χ2v) is 14.9. The summed E-state index contributed by atoms with van der Waals surface area (Å²) in [7, 11) is 1.82. The third-order valence-electron chi connectivity index (χ3n) is 12.4. The summed E-state index contributed by atoms with van der Waals surface area (Å²) >= 11 is 0. The van der Waals surface area contributed by atoms with Gasteiger partial charge >= 0.3 is 11.9 Å². The van der Waals surface area contributed by atoms with E-state index in [4.69, 9.17) is 23.7 Å². The Morgan fingerprint density at radius 3 is 1.24 bits per heavy atom. The molecule has 0 spiro atoms. The molecule has 46 heavy (non-hydrogen) atoms. The van der Waals surface area contributed by atoms with Crippen molar-refractivity contribution in [2.45, 2.75) is 120 Å². The number of ether oxygens (including phenoxy) is 5. The summed E-state index contributed by atoms with van der Waals surface area (Å²) < 4.78 is 30.2. The van der Waals surface area contributed by atoms with Crippen LogP contribution in [0.25, 0.3) is 0 Å². The van der Waals surface area contributed by atoms with Gasteiger partial charge in [-0.2, -0.15) is 0 Å². The maximum absolute atomic E-state index is 12.9. The van der Waals surface area contributed by atoms with E-state index in [1.165, 1.54) is 0 Å². The van der Waals surface area contributed by atoms with E-state index in [0.29, 0.717) is 37.2 Å². The van der Waals surface area contributed by atoms with Gasteiger partial charge in [-0.1, -0.05) is 0 Å². The van der Waals surface area contributed by atoms with Gasteiger partial charge in [-0.3, -0.25) is 9.59 Å². The van der Waals surface area contributed by atoms with Crippen LogP contribution in [0.4, 0.5) is 0 Å². The number of esters is 2. The van der Waals surface area contributed by atoms with Crippen LogP contribution in [0.15, 0.2) is 48.5 Å². The molecule has 8 heteroatoms. The van der Waals surface area contributed by atoms with Crippen molar-refractivity contribution in [3.8, 4) is 23.0 Å². The van der Waals surface area contributed by atoms with E-state index in [1.807, 2.05) is 31.4 Å². The number of benzene rings is 2. The summed E-state index contributed by atoms with van der Waals surface area (Å²) in [6.07, 6.45) is 14.5. The van der Waals surface area contributed by atoms with Crippen molar-refractivity contribution in [2.24, 2.45) is 17.3 Å². The van der Waals surface area contributed by atoms with Crippen molar-refractivity contribution < 1.29 is 38.4 Å². The Labute approximate surface area is 272 Å². The van der Waals surface area contributed by atoms with Crippen molar-refractivity contribution in [3.05, 3.63) is 48.5 Å². The monoisotopic (exact) mass is 632 g/mol. The van der Waals surface area contributed by atoms with E-state index in [1.54, 1.807) is 24.3 Å². The molecule has 2 aromatic rings. The van der Waals surface area contributed by atoms with Crippen molar-refractivity contribution in [1.82, 2.24) is 0 Å². The van der Waals surface area contributed by atoms with Crippen LogP contribution in [0.1, 0.15) is 103 Å². The molecule has 7 aliphatic carbocycles. The minimum atomic E-state index is -0.252. The number of hydrogen-bond donors (Lipinski definition) is 1. The van der Waals surface area contributed by atoms with Crippen LogP contribution in [-0.4, -0.2) is 47.6 Å². The second-order valence-electron chi connectivity index (χ2n) is 14.9. The van der Waals surface area contributed by atoms with Gasteiger partial charge in [0.2, 0.25) is 0 Å². The van der Waals surface area contributed by atoms with Gasteiger partial charge in [0.25, 0.3) is 0 Å². The molecule has 0 aromatic heterocycles. The minimum absolute atomic E-state index is 0.0472. The largest absolute Gasteiger partial charge is 0.487 e. The van der Waals surface area contributed by atoms with Gasteiger partial charge in [0.15, 0.2) is 0 Å². The first-order chi connectivity index (χ1) is 22.2. The number of carbonyl (C=O) groups excluding carboxylic acids is 2. The van der Waals surface area contributed by atoms with Gasteiger partial charge in [0.1, 0.15) is 34.2 Å². The Morgan fingerprint density at radius 1 is 0.565 bits per heavy atom. The molecular weight excluding hydrogens is 584 g/mol. The number of fused-ring (bicyclic) bond motifs is 6. The van der Waals surface area contributed by atoms with Crippen molar-refractivity contribution in [3.63, 3.8) is 0 Å². The van der Waals surface area contributed by atoms with Crippen LogP contribution >= 0.6 is 0 Å². The zero-order chi connectivity index (χ0) is 31.8. The predicted octanol–water partition coefficient (Wildman–Crippen LogP) is 7.34. The summed E-state index contributed by atoms with van der Waals surface area (Å²) in [6.45, 7) is 0.275. The second kappa shape index (κ2) is 12.5. The highest BCUT2D eigenvalue weighted by Gasteiger charge is 2.51. The van der Waals surface area contributed by atoms with Crippen molar-refractivity contribution in [2.75, 3.05) is 13.7 Å². The van der Waals surface area contributed by atoms with E-state index < -0.39 is 0 Å². The zero-order valence-electron chi connectivity index (χ0n) is 27.1. The number of rotatable bonds is 10. The molecule has 248 valence electrons. The van der Waals surface area contributed by atoms with Gasteiger partial charge in [0.05, 0.1) is 17.4 Å². The molecule has 9 rings (SSSR count). The first-order valence-electron chi connectivity index (χ1n) is 17.4. The number of aliphatic hydroxyl groups is 1. The van der Waals surface area contributed by atoms with Crippen molar-refractivity contribution >= 4 is 11.9 Å². The summed E-state index contributed by atoms with van der Waals surface area (Å²) in [6, 6.07) is 14.7. The van der Waals surface area contributed by atoms with Crippen LogP contribution in [-0.2, 0) is 14.3 Å². The average molecular weight is 633 g/mol. The highest BCUT2D eigenvalue weighted by molar-refractivity contribution is 5.77. The molecule has 7 saturated carbocycles. The Bertz CT molecular complexity index is 1230. The molecule has 7 aliphatic rings. The quantitative estimate of drug-likeness (QED) is 0.215. The first kappa shape index (κ1) is 31.5. The number of aliphatic hydroxyl groups excluding tert-OH is 1. The van der Waals surface area contributed by atoms with E-state index in [2.05, 4.69) is 0 Å². The molecule has 0 aliphatic heterocycles. The summed E-state index contributed by atoms with van der Waals surface area (Å²) in [5, 5.41) is 9.79. The standard InChI is InChI=1S/C38H48O8/c1-42-36-20-23-38(24-21-36,25-22-36)46-32-12-8-30(9-13-32)44-34(41)28-4-2-27(3-5-28)33(40)43-29-6-10-31(11-7-29)45-37-17-14-35(26-39,15-18-37)16-19-37/h6-13,27-28,39H,2-5,14-26H2,1H3/t27-,28-,35?,36?,37?,38?. The van der Waals surface area contributed by atoms with Gasteiger partial charge in [-0.25, -0.2) is 0 Å². The number of methoxy groups -OCH3 is 1. The van der Waals surface area contributed by atoms with E-state index in [0.717, 1.165) is 88.5 Å². The number of hydrogen-bond acceptors (Lipinski definition) is 8. The maximum atomic E-state index is 12.9. The van der Waals surface area contributed by atoms with E-state index in [-0.39, 0.29) is 52.6 Å². The van der Waals surface area contributed by atoms with Gasteiger partial charge < -0.3 is 28.8 Å². The van der Waals surface area contributed by atoms with Crippen LogP contribution in [0.3, 0.4) is 0 Å². The van der Waals surface area contributed by atoms with Gasteiger partial charge in [-0.15, -0.1) is 0 Å². The molecule has 4 bridgehead atoms.